The highest BCUT2D eigenvalue weighted by Crippen LogP contribution is 2.24. The Morgan fingerprint density at radius 3 is 2.55 bits per heavy atom. The summed E-state index contributed by atoms with van der Waals surface area (Å²) in [5, 5.41) is 8.07. The lowest BCUT2D eigenvalue weighted by atomic mass is 10.1. The first kappa shape index (κ1) is 13.6. The van der Waals surface area contributed by atoms with Crippen molar-refractivity contribution in [1.29, 1.82) is 0 Å². The van der Waals surface area contributed by atoms with Crippen LogP contribution in [0, 0.1) is 0 Å². The van der Waals surface area contributed by atoms with Crippen molar-refractivity contribution in [2.24, 2.45) is 0 Å². The maximum atomic E-state index is 5.94. The maximum Gasteiger partial charge on any atom is 0.0695 e. The third-order valence-electron chi connectivity index (χ3n) is 3.84. The van der Waals surface area contributed by atoms with E-state index in [1.165, 1.54) is 5.56 Å². The monoisotopic (exact) mass is 290 g/mol. The Balaban J connectivity index is 1.75. The fraction of sp³-hybridized carbons (Fsp3) is 0.400. The number of nitrogens with one attached hydrogen (secondary N) is 1. The molecule has 1 fully saturated rings. The summed E-state index contributed by atoms with van der Waals surface area (Å²) in [7, 11) is 2.17. The molecule has 0 radical (unpaired) electrons. The van der Waals surface area contributed by atoms with E-state index in [1.807, 2.05) is 30.5 Å². The predicted molar refractivity (Wildman–Crippen MR) is 81.8 cm³/mol. The molecule has 0 atom stereocenters. The topological polar surface area (TPSA) is 35.2 Å². The molecule has 1 N–H and O–H groups in total. The van der Waals surface area contributed by atoms with E-state index in [-0.39, 0.29) is 0 Å². The number of rotatable bonds is 3. The maximum absolute atomic E-state index is 5.94. The average Bonchev–Trinajstić information content (AvgIpc) is 2.90. The van der Waals surface area contributed by atoms with Crippen molar-refractivity contribution in [3.8, 4) is 11.3 Å². The van der Waals surface area contributed by atoms with Gasteiger partial charge < -0.3 is 4.90 Å². The van der Waals surface area contributed by atoms with Crippen molar-refractivity contribution in [1.82, 2.24) is 20.0 Å². The van der Waals surface area contributed by atoms with Crippen LogP contribution in [0.2, 0.25) is 5.02 Å². The molecule has 4 nitrogen and oxygen atoms in total. The zero-order valence-electron chi connectivity index (χ0n) is 11.6. The van der Waals surface area contributed by atoms with Crippen molar-refractivity contribution >= 4 is 11.6 Å². The molecule has 5 heteroatoms. The van der Waals surface area contributed by atoms with E-state index in [4.69, 9.17) is 11.6 Å². The number of aromatic amines is 1. The van der Waals surface area contributed by atoms with Gasteiger partial charge in [-0.2, -0.15) is 5.10 Å². The number of hydrogen-bond acceptors (Lipinski definition) is 3. The number of aromatic nitrogens is 2. The number of H-pyrrole nitrogens is 1. The Morgan fingerprint density at radius 2 is 1.85 bits per heavy atom. The normalized spacial score (nSPS) is 17.5. The first-order chi connectivity index (χ1) is 9.72. The number of likely N-dealkylation sites (N-methyl/N-ethyl adjacent to an activating group) is 1. The van der Waals surface area contributed by atoms with Gasteiger partial charge in [-0.15, -0.1) is 0 Å². The number of benzene rings is 1. The van der Waals surface area contributed by atoms with Gasteiger partial charge >= 0.3 is 0 Å². The third-order valence-corrected chi connectivity index (χ3v) is 4.09. The second kappa shape index (κ2) is 5.95. The average molecular weight is 291 g/mol. The molecular formula is C15H19ClN4. The molecule has 106 valence electrons. The minimum absolute atomic E-state index is 0.758. The molecule has 0 saturated carbocycles. The van der Waals surface area contributed by atoms with Crippen molar-refractivity contribution < 1.29 is 0 Å². The van der Waals surface area contributed by atoms with Gasteiger partial charge in [-0.1, -0.05) is 23.7 Å². The molecule has 1 aromatic heterocycles. The van der Waals surface area contributed by atoms with Gasteiger partial charge in [-0.05, 0) is 24.7 Å². The van der Waals surface area contributed by atoms with Crippen LogP contribution in [0.5, 0.6) is 0 Å². The van der Waals surface area contributed by atoms with Crippen molar-refractivity contribution in [3.63, 3.8) is 0 Å². The molecule has 1 saturated heterocycles. The molecule has 1 aliphatic heterocycles. The molecule has 0 unspecified atom stereocenters. The van der Waals surface area contributed by atoms with E-state index < -0.39 is 0 Å². The Kier molecular flexibility index (Phi) is 4.05. The van der Waals surface area contributed by atoms with Gasteiger partial charge in [0, 0.05) is 43.3 Å². The van der Waals surface area contributed by atoms with Crippen LogP contribution in [0.15, 0.2) is 30.5 Å². The van der Waals surface area contributed by atoms with Crippen LogP contribution in [0.4, 0.5) is 0 Å². The standard InChI is InChI=1S/C15H19ClN4/c1-19-6-8-20(9-7-19)11-13-10-17-18-15(13)12-2-4-14(16)5-3-12/h2-5,10H,6-9,11H2,1H3,(H,17,18). The van der Waals surface area contributed by atoms with Crippen LogP contribution < -0.4 is 0 Å². The van der Waals surface area contributed by atoms with Crippen LogP contribution in [-0.2, 0) is 6.54 Å². The summed E-state index contributed by atoms with van der Waals surface area (Å²) in [5.74, 6) is 0. The van der Waals surface area contributed by atoms with Crippen LogP contribution in [0.25, 0.3) is 11.3 Å². The first-order valence-electron chi connectivity index (χ1n) is 6.91. The second-order valence-corrected chi connectivity index (χ2v) is 5.79. The number of piperazine rings is 1. The van der Waals surface area contributed by atoms with Crippen LogP contribution in [0.3, 0.4) is 0 Å². The van der Waals surface area contributed by atoms with Gasteiger partial charge in [0.25, 0.3) is 0 Å². The molecule has 3 rings (SSSR count). The summed E-state index contributed by atoms with van der Waals surface area (Å²) >= 11 is 5.94. The molecule has 0 aliphatic carbocycles. The largest absolute Gasteiger partial charge is 0.304 e. The van der Waals surface area contributed by atoms with E-state index in [0.717, 1.165) is 49.0 Å². The summed E-state index contributed by atoms with van der Waals surface area (Å²) in [4.78, 5) is 4.84. The minimum atomic E-state index is 0.758. The van der Waals surface area contributed by atoms with Gasteiger partial charge in [0.1, 0.15) is 0 Å². The summed E-state index contributed by atoms with van der Waals surface area (Å²) in [6.07, 6.45) is 1.93. The first-order valence-corrected chi connectivity index (χ1v) is 7.29. The predicted octanol–water partition coefficient (Wildman–Crippen LogP) is 2.48. The van der Waals surface area contributed by atoms with Gasteiger partial charge in [0.2, 0.25) is 0 Å². The Labute approximate surface area is 124 Å². The molecule has 1 aromatic carbocycles. The third kappa shape index (κ3) is 3.03. The zero-order chi connectivity index (χ0) is 13.9. The van der Waals surface area contributed by atoms with E-state index in [1.54, 1.807) is 0 Å². The SMILES string of the molecule is CN1CCN(Cc2cn[nH]c2-c2ccc(Cl)cc2)CC1. The summed E-state index contributed by atoms with van der Waals surface area (Å²) < 4.78 is 0. The van der Waals surface area contributed by atoms with Crippen LogP contribution in [-0.4, -0.2) is 53.2 Å². The lowest BCUT2D eigenvalue weighted by Gasteiger charge is -2.32. The fourth-order valence-electron chi connectivity index (χ4n) is 2.54. The Morgan fingerprint density at radius 1 is 1.15 bits per heavy atom. The number of hydrogen-bond donors (Lipinski definition) is 1. The number of halogens is 1. The highest BCUT2D eigenvalue weighted by molar-refractivity contribution is 6.30. The second-order valence-electron chi connectivity index (χ2n) is 5.36. The molecule has 0 bridgehead atoms. The number of nitrogens with zero attached hydrogens (tertiary/aromatic N) is 3. The minimum Gasteiger partial charge on any atom is -0.304 e. The quantitative estimate of drug-likeness (QED) is 0.943. The zero-order valence-corrected chi connectivity index (χ0v) is 12.4. The molecule has 2 heterocycles. The van der Waals surface area contributed by atoms with Gasteiger partial charge in [0.15, 0.2) is 0 Å². The fourth-order valence-corrected chi connectivity index (χ4v) is 2.67. The van der Waals surface area contributed by atoms with Gasteiger partial charge in [-0.25, -0.2) is 0 Å². The van der Waals surface area contributed by atoms with Crippen molar-refractivity contribution in [2.45, 2.75) is 6.54 Å². The molecule has 1 aliphatic rings. The summed E-state index contributed by atoms with van der Waals surface area (Å²) in [5.41, 5.74) is 3.48. The molecule has 0 spiro atoms. The highest BCUT2D eigenvalue weighted by atomic mass is 35.5. The van der Waals surface area contributed by atoms with Gasteiger partial charge in [-0.3, -0.25) is 10.00 Å². The van der Waals surface area contributed by atoms with Crippen LogP contribution >= 0.6 is 11.6 Å². The molecule has 2 aromatic rings. The lowest BCUT2D eigenvalue weighted by Crippen LogP contribution is -2.43. The summed E-state index contributed by atoms with van der Waals surface area (Å²) in [6, 6.07) is 7.89. The van der Waals surface area contributed by atoms with Crippen molar-refractivity contribution in [3.05, 3.63) is 41.0 Å². The van der Waals surface area contributed by atoms with E-state index in [2.05, 4.69) is 27.0 Å². The summed E-state index contributed by atoms with van der Waals surface area (Å²) in [6.45, 7) is 5.44. The molecule has 0 amide bonds. The Hall–Kier alpha value is -1.36. The van der Waals surface area contributed by atoms with Gasteiger partial charge in [0.05, 0.1) is 11.9 Å². The lowest BCUT2D eigenvalue weighted by molar-refractivity contribution is 0.148. The highest BCUT2D eigenvalue weighted by Gasteiger charge is 2.16. The van der Waals surface area contributed by atoms with E-state index in [0.29, 0.717) is 0 Å². The smallest absolute Gasteiger partial charge is 0.0695 e. The van der Waals surface area contributed by atoms with E-state index >= 15 is 0 Å². The molecular weight excluding hydrogens is 272 g/mol. The van der Waals surface area contributed by atoms with E-state index in [9.17, 15) is 0 Å². The van der Waals surface area contributed by atoms with Crippen molar-refractivity contribution in [2.75, 3.05) is 33.2 Å². The molecule has 20 heavy (non-hydrogen) atoms. The van der Waals surface area contributed by atoms with Crippen LogP contribution in [0.1, 0.15) is 5.56 Å². The Bertz CT molecular complexity index is 556.